The van der Waals surface area contributed by atoms with E-state index in [1.165, 1.54) is 5.56 Å². The summed E-state index contributed by atoms with van der Waals surface area (Å²) in [7, 11) is 0. The van der Waals surface area contributed by atoms with Crippen molar-refractivity contribution in [1.82, 2.24) is 10.6 Å². The summed E-state index contributed by atoms with van der Waals surface area (Å²) < 4.78 is 10.6. The smallest absolute Gasteiger partial charge is 0.315 e. The molecule has 0 radical (unpaired) electrons. The molecule has 3 rings (SSSR count). The Morgan fingerprint density at radius 2 is 1.91 bits per heavy atom. The van der Waals surface area contributed by atoms with Gasteiger partial charge in [-0.3, -0.25) is 0 Å². The van der Waals surface area contributed by atoms with Crippen molar-refractivity contribution in [1.29, 1.82) is 0 Å². The van der Waals surface area contributed by atoms with Crippen LogP contribution in [-0.2, 0) is 13.0 Å². The lowest BCUT2D eigenvalue weighted by Gasteiger charge is -2.09. The number of carbonyl (C=O) groups excluding carboxylic acids is 1. The molecular weight excluding hydrogens is 292 g/mol. The van der Waals surface area contributed by atoms with Gasteiger partial charge in [0.15, 0.2) is 11.5 Å². The quantitative estimate of drug-likeness (QED) is 0.892. The monoisotopic (exact) mass is 312 g/mol. The highest BCUT2D eigenvalue weighted by atomic mass is 16.7. The molecule has 2 aromatic rings. The van der Waals surface area contributed by atoms with Gasteiger partial charge in [0.1, 0.15) is 0 Å². The molecule has 0 atom stereocenters. The highest BCUT2D eigenvalue weighted by molar-refractivity contribution is 5.73. The van der Waals surface area contributed by atoms with Gasteiger partial charge in [-0.2, -0.15) is 0 Å². The molecule has 120 valence electrons. The van der Waals surface area contributed by atoms with Crippen LogP contribution in [0, 0.1) is 6.92 Å². The SMILES string of the molecule is Cc1ccccc1CNC(=O)NCCc1ccc2c(c1)OCO2. The molecule has 1 aliphatic rings. The molecule has 1 aliphatic heterocycles. The molecule has 0 aromatic heterocycles. The van der Waals surface area contributed by atoms with E-state index in [0.29, 0.717) is 13.1 Å². The van der Waals surface area contributed by atoms with Crippen LogP contribution in [0.2, 0.25) is 0 Å². The van der Waals surface area contributed by atoms with Gasteiger partial charge in [0.05, 0.1) is 0 Å². The van der Waals surface area contributed by atoms with Crippen LogP contribution in [0.3, 0.4) is 0 Å². The van der Waals surface area contributed by atoms with Crippen molar-refractivity contribution < 1.29 is 14.3 Å². The molecule has 2 amide bonds. The lowest BCUT2D eigenvalue weighted by molar-refractivity contribution is 0.174. The van der Waals surface area contributed by atoms with Gasteiger partial charge in [0, 0.05) is 13.1 Å². The summed E-state index contributed by atoms with van der Waals surface area (Å²) >= 11 is 0. The summed E-state index contributed by atoms with van der Waals surface area (Å²) in [6.45, 7) is 3.41. The van der Waals surface area contributed by atoms with Gasteiger partial charge < -0.3 is 20.1 Å². The van der Waals surface area contributed by atoms with Crippen LogP contribution in [0.5, 0.6) is 11.5 Å². The lowest BCUT2D eigenvalue weighted by atomic mass is 10.1. The fourth-order valence-corrected chi connectivity index (χ4v) is 2.46. The van der Waals surface area contributed by atoms with Crippen molar-refractivity contribution >= 4 is 6.03 Å². The standard InChI is InChI=1S/C18H20N2O3/c1-13-4-2-3-5-15(13)11-20-18(21)19-9-8-14-6-7-16-17(10-14)23-12-22-16/h2-7,10H,8-9,11-12H2,1H3,(H2,19,20,21). The molecule has 23 heavy (non-hydrogen) atoms. The molecule has 2 N–H and O–H groups in total. The Hall–Kier alpha value is -2.69. The molecule has 0 saturated heterocycles. The summed E-state index contributed by atoms with van der Waals surface area (Å²) in [5.74, 6) is 1.55. The molecule has 0 spiro atoms. The second kappa shape index (κ2) is 7.05. The van der Waals surface area contributed by atoms with E-state index >= 15 is 0 Å². The van der Waals surface area contributed by atoms with Crippen molar-refractivity contribution in [2.24, 2.45) is 0 Å². The first kappa shape index (κ1) is 15.2. The van der Waals surface area contributed by atoms with E-state index in [1.807, 2.05) is 49.4 Å². The van der Waals surface area contributed by atoms with E-state index in [-0.39, 0.29) is 12.8 Å². The first-order chi connectivity index (χ1) is 11.2. The predicted octanol–water partition coefficient (Wildman–Crippen LogP) is 2.77. The minimum absolute atomic E-state index is 0.158. The van der Waals surface area contributed by atoms with Gasteiger partial charge in [0.25, 0.3) is 0 Å². The number of benzene rings is 2. The van der Waals surface area contributed by atoms with Crippen molar-refractivity contribution in [2.45, 2.75) is 19.9 Å². The molecule has 0 saturated carbocycles. The van der Waals surface area contributed by atoms with E-state index in [0.717, 1.165) is 29.0 Å². The number of hydrogen-bond acceptors (Lipinski definition) is 3. The minimum Gasteiger partial charge on any atom is -0.454 e. The summed E-state index contributed by atoms with van der Waals surface area (Å²) in [6, 6.07) is 13.7. The molecule has 1 heterocycles. The van der Waals surface area contributed by atoms with E-state index in [9.17, 15) is 4.79 Å². The van der Waals surface area contributed by atoms with Crippen LogP contribution in [0.15, 0.2) is 42.5 Å². The van der Waals surface area contributed by atoms with Crippen molar-refractivity contribution in [3.05, 3.63) is 59.2 Å². The molecule has 5 nitrogen and oxygen atoms in total. The average molecular weight is 312 g/mol. The second-order valence-corrected chi connectivity index (χ2v) is 5.47. The number of nitrogens with one attached hydrogen (secondary N) is 2. The molecule has 0 aliphatic carbocycles. The normalized spacial score (nSPS) is 12.0. The molecule has 0 fully saturated rings. The maximum atomic E-state index is 11.8. The third-order valence-corrected chi connectivity index (χ3v) is 3.84. The number of ether oxygens (including phenoxy) is 2. The number of fused-ring (bicyclic) bond motifs is 1. The minimum atomic E-state index is -0.158. The van der Waals surface area contributed by atoms with E-state index in [2.05, 4.69) is 10.6 Å². The van der Waals surface area contributed by atoms with Crippen molar-refractivity contribution in [2.75, 3.05) is 13.3 Å². The Labute approximate surface area is 135 Å². The molecule has 2 aromatic carbocycles. The van der Waals surface area contributed by atoms with E-state index in [1.54, 1.807) is 0 Å². The zero-order chi connectivity index (χ0) is 16.1. The number of amides is 2. The third kappa shape index (κ3) is 3.94. The van der Waals surface area contributed by atoms with Gasteiger partial charge in [0.2, 0.25) is 6.79 Å². The molecule has 0 bridgehead atoms. The Balaban J connectivity index is 1.42. The Bertz CT molecular complexity index is 700. The number of aryl methyl sites for hydroxylation is 1. The Morgan fingerprint density at radius 3 is 2.78 bits per heavy atom. The highest BCUT2D eigenvalue weighted by Crippen LogP contribution is 2.32. The van der Waals surface area contributed by atoms with Gasteiger partial charge >= 0.3 is 6.03 Å². The number of urea groups is 1. The fraction of sp³-hybridized carbons (Fsp3) is 0.278. The zero-order valence-electron chi connectivity index (χ0n) is 13.1. The number of rotatable bonds is 5. The summed E-state index contributed by atoms with van der Waals surface area (Å²) in [5, 5.41) is 5.74. The van der Waals surface area contributed by atoms with Crippen LogP contribution in [0.4, 0.5) is 4.79 Å². The largest absolute Gasteiger partial charge is 0.454 e. The number of carbonyl (C=O) groups is 1. The fourth-order valence-electron chi connectivity index (χ4n) is 2.46. The van der Waals surface area contributed by atoms with Crippen LogP contribution >= 0.6 is 0 Å². The number of hydrogen-bond donors (Lipinski definition) is 2. The topological polar surface area (TPSA) is 59.6 Å². The van der Waals surface area contributed by atoms with Crippen molar-refractivity contribution in [3.8, 4) is 11.5 Å². The van der Waals surface area contributed by atoms with E-state index < -0.39 is 0 Å². The lowest BCUT2D eigenvalue weighted by Crippen LogP contribution is -2.36. The van der Waals surface area contributed by atoms with E-state index in [4.69, 9.17) is 9.47 Å². The Kier molecular flexibility index (Phi) is 4.66. The van der Waals surface area contributed by atoms with Gasteiger partial charge in [-0.15, -0.1) is 0 Å². The molecular formula is C18H20N2O3. The Morgan fingerprint density at radius 1 is 1.09 bits per heavy atom. The van der Waals surface area contributed by atoms with Gasteiger partial charge in [-0.25, -0.2) is 4.79 Å². The van der Waals surface area contributed by atoms with Crippen molar-refractivity contribution in [3.63, 3.8) is 0 Å². The molecule has 5 heteroatoms. The first-order valence-corrected chi connectivity index (χ1v) is 7.67. The summed E-state index contributed by atoms with van der Waals surface area (Å²) in [4.78, 5) is 11.8. The second-order valence-electron chi connectivity index (χ2n) is 5.47. The van der Waals surface area contributed by atoms with Crippen LogP contribution < -0.4 is 20.1 Å². The third-order valence-electron chi connectivity index (χ3n) is 3.84. The van der Waals surface area contributed by atoms with Crippen LogP contribution in [0.25, 0.3) is 0 Å². The summed E-state index contributed by atoms with van der Waals surface area (Å²) in [5.41, 5.74) is 3.40. The first-order valence-electron chi connectivity index (χ1n) is 7.67. The maximum Gasteiger partial charge on any atom is 0.315 e. The van der Waals surface area contributed by atoms with Crippen LogP contribution in [-0.4, -0.2) is 19.4 Å². The highest BCUT2D eigenvalue weighted by Gasteiger charge is 2.13. The zero-order valence-corrected chi connectivity index (χ0v) is 13.1. The molecule has 0 unspecified atom stereocenters. The maximum absolute atomic E-state index is 11.8. The van der Waals surface area contributed by atoms with Gasteiger partial charge in [-0.05, 0) is 42.2 Å². The average Bonchev–Trinajstić information content (AvgIpc) is 3.02. The predicted molar refractivity (Wildman–Crippen MR) is 87.7 cm³/mol. The van der Waals surface area contributed by atoms with Crippen LogP contribution in [0.1, 0.15) is 16.7 Å². The summed E-state index contributed by atoms with van der Waals surface area (Å²) in [6.07, 6.45) is 0.744. The van der Waals surface area contributed by atoms with Gasteiger partial charge in [-0.1, -0.05) is 30.3 Å².